The zero-order chi connectivity index (χ0) is 11.5. The summed E-state index contributed by atoms with van der Waals surface area (Å²) in [7, 11) is 0. The molecule has 1 amide bonds. The molecule has 0 spiro atoms. The maximum atomic E-state index is 11.5. The quantitative estimate of drug-likeness (QED) is 0.882. The Morgan fingerprint density at radius 1 is 1.31 bits per heavy atom. The monoisotopic (exact) mass is 257 g/mol. The van der Waals surface area contributed by atoms with Crippen molar-refractivity contribution in [2.45, 2.75) is 31.7 Å². The fourth-order valence-corrected chi connectivity index (χ4v) is 2.12. The second kappa shape index (κ2) is 5.07. The number of hydrogen-bond donors (Lipinski definition) is 1. The zero-order valence-electron chi connectivity index (χ0n) is 8.80. The molecule has 2 rings (SSSR count). The van der Waals surface area contributed by atoms with Crippen molar-refractivity contribution >= 4 is 29.1 Å². The van der Waals surface area contributed by atoms with E-state index in [4.69, 9.17) is 23.2 Å². The third-order valence-electron chi connectivity index (χ3n) is 2.61. The van der Waals surface area contributed by atoms with Gasteiger partial charge in [-0.3, -0.25) is 4.79 Å². The van der Waals surface area contributed by atoms with Crippen molar-refractivity contribution in [2.24, 2.45) is 0 Å². The lowest BCUT2D eigenvalue weighted by Crippen LogP contribution is -2.25. The average molecular weight is 258 g/mol. The summed E-state index contributed by atoms with van der Waals surface area (Å²) < 4.78 is 0. The van der Waals surface area contributed by atoms with Gasteiger partial charge < -0.3 is 5.32 Å². The van der Waals surface area contributed by atoms with E-state index >= 15 is 0 Å². The number of amides is 1. The van der Waals surface area contributed by atoms with Gasteiger partial charge in [0.25, 0.3) is 0 Å². The van der Waals surface area contributed by atoms with E-state index in [9.17, 15) is 4.79 Å². The second-order valence-electron chi connectivity index (χ2n) is 4.04. The summed E-state index contributed by atoms with van der Waals surface area (Å²) in [6.07, 6.45) is 3.26. The number of benzene rings is 1. The van der Waals surface area contributed by atoms with Gasteiger partial charge in [0.15, 0.2) is 0 Å². The Morgan fingerprint density at radius 2 is 1.94 bits per heavy atom. The molecule has 0 saturated heterocycles. The molecule has 1 N–H and O–H groups in total. The molecule has 16 heavy (non-hydrogen) atoms. The van der Waals surface area contributed by atoms with Crippen LogP contribution in [0.1, 0.15) is 24.8 Å². The van der Waals surface area contributed by atoms with Gasteiger partial charge in [0.2, 0.25) is 5.91 Å². The Balaban J connectivity index is 1.90. The first-order valence-corrected chi connectivity index (χ1v) is 6.14. The van der Waals surface area contributed by atoms with Gasteiger partial charge in [0, 0.05) is 22.5 Å². The van der Waals surface area contributed by atoms with E-state index in [1.54, 1.807) is 18.2 Å². The minimum absolute atomic E-state index is 0.0819. The minimum atomic E-state index is 0.0819. The van der Waals surface area contributed by atoms with Crippen molar-refractivity contribution in [3.05, 3.63) is 33.8 Å². The molecule has 1 aliphatic rings. The van der Waals surface area contributed by atoms with E-state index in [0.717, 1.165) is 18.4 Å². The average Bonchev–Trinajstić information content (AvgIpc) is 3.01. The molecule has 2 nitrogen and oxygen atoms in total. The minimum Gasteiger partial charge on any atom is -0.353 e. The summed E-state index contributed by atoms with van der Waals surface area (Å²) in [5.41, 5.74) is 0.858. The predicted octanol–water partition coefficient (Wildman–Crippen LogP) is 3.20. The highest BCUT2D eigenvalue weighted by molar-refractivity contribution is 6.36. The Kier molecular flexibility index (Phi) is 3.72. The Morgan fingerprint density at radius 3 is 2.50 bits per heavy atom. The highest BCUT2D eigenvalue weighted by Crippen LogP contribution is 2.25. The van der Waals surface area contributed by atoms with E-state index in [2.05, 4.69) is 5.32 Å². The largest absolute Gasteiger partial charge is 0.353 e. The van der Waals surface area contributed by atoms with Crippen LogP contribution < -0.4 is 5.32 Å². The van der Waals surface area contributed by atoms with Crippen LogP contribution in [-0.2, 0) is 11.2 Å². The number of halogens is 2. The number of carbonyl (C=O) groups excluding carboxylic acids is 1. The normalized spacial score (nSPS) is 14.9. The third-order valence-corrected chi connectivity index (χ3v) is 3.31. The summed E-state index contributed by atoms with van der Waals surface area (Å²) in [5.74, 6) is 0.0819. The van der Waals surface area contributed by atoms with E-state index in [-0.39, 0.29) is 5.91 Å². The van der Waals surface area contributed by atoms with Crippen LogP contribution in [0.2, 0.25) is 10.0 Å². The van der Waals surface area contributed by atoms with E-state index in [1.165, 1.54) is 0 Å². The van der Waals surface area contributed by atoms with Gasteiger partial charge in [-0.25, -0.2) is 0 Å². The van der Waals surface area contributed by atoms with Gasteiger partial charge in [0.05, 0.1) is 0 Å². The lowest BCUT2D eigenvalue weighted by atomic mass is 10.1. The predicted molar refractivity (Wildman–Crippen MR) is 65.9 cm³/mol. The maximum Gasteiger partial charge on any atom is 0.220 e. The van der Waals surface area contributed by atoms with Crippen LogP contribution in [0.4, 0.5) is 0 Å². The standard InChI is InChI=1S/C12H13Cl2NO/c13-10-2-1-3-11(14)9(10)6-7-12(16)15-8-4-5-8/h1-3,8H,4-7H2,(H,15,16). The third kappa shape index (κ3) is 3.13. The molecule has 1 fully saturated rings. The lowest BCUT2D eigenvalue weighted by molar-refractivity contribution is -0.121. The maximum absolute atomic E-state index is 11.5. The molecule has 4 heteroatoms. The van der Waals surface area contributed by atoms with Crippen LogP contribution in [0.15, 0.2) is 18.2 Å². The van der Waals surface area contributed by atoms with Crippen molar-refractivity contribution in [1.82, 2.24) is 5.32 Å². The van der Waals surface area contributed by atoms with Gasteiger partial charge in [-0.2, -0.15) is 0 Å². The highest BCUT2D eigenvalue weighted by atomic mass is 35.5. The Bertz CT molecular complexity index is 382. The van der Waals surface area contributed by atoms with Crippen LogP contribution in [0, 0.1) is 0 Å². The summed E-state index contributed by atoms with van der Waals surface area (Å²) in [4.78, 5) is 11.5. The topological polar surface area (TPSA) is 29.1 Å². The molecule has 0 unspecified atom stereocenters. The van der Waals surface area contributed by atoms with Crippen LogP contribution in [0.5, 0.6) is 0 Å². The van der Waals surface area contributed by atoms with Crippen LogP contribution in [0.3, 0.4) is 0 Å². The zero-order valence-corrected chi connectivity index (χ0v) is 10.3. The number of carbonyl (C=O) groups is 1. The fourth-order valence-electron chi connectivity index (χ4n) is 1.54. The molecule has 1 saturated carbocycles. The molecule has 1 aromatic carbocycles. The molecule has 0 bridgehead atoms. The molecule has 0 aliphatic heterocycles. The molecule has 1 aromatic rings. The number of nitrogens with one attached hydrogen (secondary N) is 1. The van der Waals surface area contributed by atoms with Crippen molar-refractivity contribution in [2.75, 3.05) is 0 Å². The number of hydrogen-bond acceptors (Lipinski definition) is 1. The lowest BCUT2D eigenvalue weighted by Gasteiger charge is -2.07. The summed E-state index contributed by atoms with van der Waals surface area (Å²) in [6.45, 7) is 0. The van der Waals surface area contributed by atoms with Crippen molar-refractivity contribution in [3.8, 4) is 0 Å². The van der Waals surface area contributed by atoms with Gasteiger partial charge in [-0.15, -0.1) is 0 Å². The van der Waals surface area contributed by atoms with Crippen molar-refractivity contribution in [1.29, 1.82) is 0 Å². The molecule has 0 aromatic heterocycles. The molecule has 1 aliphatic carbocycles. The Hall–Kier alpha value is -0.730. The first kappa shape index (κ1) is 11.7. The second-order valence-corrected chi connectivity index (χ2v) is 4.86. The van der Waals surface area contributed by atoms with Crippen molar-refractivity contribution in [3.63, 3.8) is 0 Å². The van der Waals surface area contributed by atoms with Gasteiger partial charge in [-0.1, -0.05) is 29.3 Å². The molecule has 0 radical (unpaired) electrons. The van der Waals surface area contributed by atoms with Gasteiger partial charge in [-0.05, 0) is 37.0 Å². The van der Waals surface area contributed by atoms with Gasteiger partial charge >= 0.3 is 0 Å². The Labute approximate surface area is 105 Å². The number of rotatable bonds is 4. The van der Waals surface area contributed by atoms with Gasteiger partial charge in [0.1, 0.15) is 0 Å². The molecule has 0 heterocycles. The summed E-state index contributed by atoms with van der Waals surface area (Å²) in [6, 6.07) is 5.80. The van der Waals surface area contributed by atoms with E-state index < -0.39 is 0 Å². The van der Waals surface area contributed by atoms with Crippen LogP contribution in [-0.4, -0.2) is 11.9 Å². The van der Waals surface area contributed by atoms with E-state index in [1.807, 2.05) is 0 Å². The first-order valence-electron chi connectivity index (χ1n) is 5.39. The molecular weight excluding hydrogens is 245 g/mol. The molecular formula is C12H13Cl2NO. The summed E-state index contributed by atoms with van der Waals surface area (Å²) >= 11 is 12.0. The first-order chi connectivity index (χ1) is 7.66. The van der Waals surface area contributed by atoms with Crippen molar-refractivity contribution < 1.29 is 4.79 Å². The van der Waals surface area contributed by atoms with Crippen LogP contribution >= 0.6 is 23.2 Å². The van der Waals surface area contributed by atoms with E-state index in [0.29, 0.717) is 28.9 Å². The summed E-state index contributed by atoms with van der Waals surface area (Å²) in [5, 5.41) is 4.20. The molecule has 0 atom stereocenters. The smallest absolute Gasteiger partial charge is 0.220 e. The SMILES string of the molecule is O=C(CCc1c(Cl)cccc1Cl)NC1CC1. The fraction of sp³-hybridized carbons (Fsp3) is 0.417. The van der Waals surface area contributed by atoms with Crippen LogP contribution in [0.25, 0.3) is 0 Å². The highest BCUT2D eigenvalue weighted by Gasteiger charge is 2.23. The molecule has 86 valence electrons.